The van der Waals surface area contributed by atoms with Crippen LogP contribution in [-0.4, -0.2) is 44.3 Å². The van der Waals surface area contributed by atoms with Crippen LogP contribution in [0.1, 0.15) is 57.4 Å². The van der Waals surface area contributed by atoms with Gasteiger partial charge < -0.3 is 4.74 Å². The Balaban J connectivity index is 1.53. The summed E-state index contributed by atoms with van der Waals surface area (Å²) in [7, 11) is 1.40. The number of carbonyl (C=O) groups is 1. The van der Waals surface area contributed by atoms with Gasteiger partial charge in [0.2, 0.25) is 0 Å². The zero-order valence-electron chi connectivity index (χ0n) is 21.4. The van der Waals surface area contributed by atoms with Crippen molar-refractivity contribution in [3.8, 4) is 0 Å². The van der Waals surface area contributed by atoms with Gasteiger partial charge in [-0.05, 0) is 88.9 Å². The number of nitrogens with zero attached hydrogens (tertiary/aromatic N) is 1. The lowest BCUT2D eigenvalue weighted by Gasteiger charge is -2.25. The van der Waals surface area contributed by atoms with E-state index >= 15 is 0 Å². The molecule has 1 aliphatic heterocycles. The van der Waals surface area contributed by atoms with Crippen LogP contribution in [0.15, 0.2) is 66.2 Å². The number of halogens is 3. The number of carbonyl (C=O) groups excluding carboxylic acids is 1. The molecule has 0 spiro atoms. The van der Waals surface area contributed by atoms with Crippen LogP contribution in [0, 0.1) is 0 Å². The largest absolute Gasteiger partial charge is 0.465 e. The highest BCUT2D eigenvalue weighted by Gasteiger charge is 2.24. The van der Waals surface area contributed by atoms with E-state index < -0.39 is 0 Å². The second-order valence-corrected chi connectivity index (χ2v) is 10.7. The first-order valence-electron chi connectivity index (χ1n) is 12.9. The van der Waals surface area contributed by atoms with Crippen LogP contribution in [0.2, 0.25) is 10.0 Å². The number of hydrogen-bond donors (Lipinski definition) is 0. The summed E-state index contributed by atoms with van der Waals surface area (Å²) < 4.78 is 17.5. The van der Waals surface area contributed by atoms with Gasteiger partial charge in [0.15, 0.2) is 0 Å². The fraction of sp³-hybridized carbons (Fsp3) is 0.281. The van der Waals surface area contributed by atoms with E-state index in [9.17, 15) is 9.18 Å². The molecule has 0 unspecified atom stereocenters. The summed E-state index contributed by atoms with van der Waals surface area (Å²) in [6.07, 6.45) is 5.45. The molecule has 3 aromatic carbocycles. The van der Waals surface area contributed by atoms with E-state index in [-0.39, 0.29) is 12.6 Å². The molecule has 0 saturated carbocycles. The number of esters is 1. The Kier molecular flexibility index (Phi) is 8.32. The Morgan fingerprint density at radius 1 is 1.00 bits per heavy atom. The van der Waals surface area contributed by atoms with E-state index in [1.54, 1.807) is 6.07 Å². The lowest BCUT2D eigenvalue weighted by Crippen LogP contribution is -2.20. The number of aryl methyl sites for hydroxylation is 1. The maximum atomic E-state index is 12.5. The van der Waals surface area contributed by atoms with Gasteiger partial charge in [0.05, 0.1) is 19.3 Å². The van der Waals surface area contributed by atoms with E-state index in [1.165, 1.54) is 12.7 Å². The van der Waals surface area contributed by atoms with Gasteiger partial charge in [0.25, 0.3) is 0 Å². The fourth-order valence-corrected chi connectivity index (χ4v) is 6.01. The summed E-state index contributed by atoms with van der Waals surface area (Å²) in [4.78, 5) is 14.5. The quantitative estimate of drug-likeness (QED) is 0.278. The Bertz CT molecular complexity index is 1410. The molecule has 0 radical (unpaired) electrons. The van der Waals surface area contributed by atoms with E-state index in [4.69, 9.17) is 27.9 Å². The van der Waals surface area contributed by atoms with Gasteiger partial charge >= 0.3 is 5.97 Å². The third-order valence-electron chi connectivity index (χ3n) is 7.35. The van der Waals surface area contributed by atoms with Crippen molar-refractivity contribution in [3.63, 3.8) is 0 Å². The molecule has 3 nitrogen and oxygen atoms in total. The van der Waals surface area contributed by atoms with Crippen LogP contribution < -0.4 is 0 Å². The summed E-state index contributed by atoms with van der Waals surface area (Å²) in [5, 5.41) is 1.23. The highest BCUT2D eigenvalue weighted by atomic mass is 35.5. The molecule has 1 saturated heterocycles. The molecule has 0 aromatic heterocycles. The van der Waals surface area contributed by atoms with Gasteiger partial charge in [-0.25, -0.2) is 4.79 Å². The number of methoxy groups -OCH3 is 1. The molecule has 1 heterocycles. The fourth-order valence-electron chi connectivity index (χ4n) is 5.49. The molecule has 1 aliphatic carbocycles. The van der Waals surface area contributed by atoms with Crippen LogP contribution in [-0.2, 0) is 11.2 Å². The van der Waals surface area contributed by atoms with Crippen LogP contribution >= 0.6 is 23.2 Å². The molecule has 0 bridgehead atoms. The van der Waals surface area contributed by atoms with Crippen molar-refractivity contribution >= 4 is 46.4 Å². The van der Waals surface area contributed by atoms with Gasteiger partial charge in [-0.15, -0.1) is 0 Å². The molecule has 196 valence electrons. The molecular formula is C32H30Cl2FNO2. The Labute approximate surface area is 233 Å². The summed E-state index contributed by atoms with van der Waals surface area (Å²) in [6.45, 7) is 2.45. The van der Waals surface area contributed by atoms with Crippen LogP contribution in [0.5, 0.6) is 0 Å². The van der Waals surface area contributed by atoms with E-state index in [0.717, 1.165) is 77.9 Å². The molecule has 3 aromatic rings. The van der Waals surface area contributed by atoms with Crippen molar-refractivity contribution in [2.45, 2.75) is 25.7 Å². The first-order valence-corrected chi connectivity index (χ1v) is 13.7. The highest BCUT2D eigenvalue weighted by molar-refractivity contribution is 6.36. The van der Waals surface area contributed by atoms with Crippen molar-refractivity contribution in [2.24, 2.45) is 0 Å². The average Bonchev–Trinajstić information content (AvgIpc) is 3.38. The van der Waals surface area contributed by atoms with Gasteiger partial charge in [-0.2, -0.15) is 0 Å². The SMILES string of the molecule is COC(=O)c1ccc2c(c1)CCC(c1ccc(Cl)cc1Cl)=C2c1ccc(/C=C2/CCN(CCCF)C2)cc1. The lowest BCUT2D eigenvalue weighted by molar-refractivity contribution is 0.0600. The minimum atomic E-state index is -0.336. The second-order valence-electron chi connectivity index (χ2n) is 9.83. The smallest absolute Gasteiger partial charge is 0.337 e. The van der Waals surface area contributed by atoms with Gasteiger partial charge in [-0.1, -0.05) is 71.2 Å². The Hall–Kier alpha value is -2.92. The summed E-state index contributed by atoms with van der Waals surface area (Å²) >= 11 is 12.9. The average molecular weight is 551 g/mol. The van der Waals surface area contributed by atoms with Gasteiger partial charge in [0, 0.05) is 29.7 Å². The van der Waals surface area contributed by atoms with Gasteiger partial charge in [0.1, 0.15) is 0 Å². The van der Waals surface area contributed by atoms with E-state index in [1.807, 2.05) is 30.3 Å². The minimum absolute atomic E-state index is 0.261. The molecular weight excluding hydrogens is 520 g/mol. The Morgan fingerprint density at radius 3 is 2.53 bits per heavy atom. The second kappa shape index (κ2) is 11.9. The van der Waals surface area contributed by atoms with Crippen molar-refractivity contribution < 1.29 is 13.9 Å². The summed E-state index contributed by atoms with van der Waals surface area (Å²) in [5.41, 5.74) is 9.63. The standard InChI is InChI=1S/C32H30Cl2FNO2/c1-38-32(37)25-8-10-27-24(18-25)7-11-29(28-12-9-26(33)19-30(28)34)31(27)23-5-3-21(4-6-23)17-22-13-16-36(20-22)15-2-14-35/h3-6,8-10,12,17-19H,2,7,11,13-16,20H2,1H3/b22-17-. The summed E-state index contributed by atoms with van der Waals surface area (Å²) in [6, 6.07) is 20.0. The van der Waals surface area contributed by atoms with Crippen molar-refractivity contribution in [3.05, 3.63) is 110 Å². The molecule has 0 amide bonds. The van der Waals surface area contributed by atoms with Gasteiger partial charge in [-0.3, -0.25) is 9.29 Å². The van der Waals surface area contributed by atoms with Crippen molar-refractivity contribution in [2.75, 3.05) is 33.4 Å². The zero-order chi connectivity index (χ0) is 26.6. The number of likely N-dealkylation sites (tertiary alicyclic amines) is 1. The number of rotatable bonds is 7. The van der Waals surface area contributed by atoms with Crippen LogP contribution in [0.4, 0.5) is 4.39 Å². The third kappa shape index (κ3) is 5.73. The first kappa shape index (κ1) is 26.7. The monoisotopic (exact) mass is 549 g/mol. The van der Waals surface area contributed by atoms with Crippen molar-refractivity contribution in [1.82, 2.24) is 4.90 Å². The highest BCUT2D eigenvalue weighted by Crippen LogP contribution is 2.43. The normalized spacial score (nSPS) is 16.7. The van der Waals surface area contributed by atoms with E-state index in [0.29, 0.717) is 22.0 Å². The first-order chi connectivity index (χ1) is 18.5. The number of fused-ring (bicyclic) bond motifs is 1. The van der Waals surface area contributed by atoms with Crippen molar-refractivity contribution in [1.29, 1.82) is 0 Å². The molecule has 5 rings (SSSR count). The predicted octanol–water partition coefficient (Wildman–Crippen LogP) is 8.13. The molecule has 0 N–H and O–H groups in total. The molecule has 0 atom stereocenters. The minimum Gasteiger partial charge on any atom is -0.465 e. The lowest BCUT2D eigenvalue weighted by atomic mass is 9.79. The number of allylic oxidation sites excluding steroid dienone is 1. The maximum Gasteiger partial charge on any atom is 0.337 e. The van der Waals surface area contributed by atoms with Crippen LogP contribution in [0.3, 0.4) is 0 Å². The summed E-state index contributed by atoms with van der Waals surface area (Å²) in [5.74, 6) is -0.336. The van der Waals surface area contributed by atoms with E-state index in [2.05, 4.69) is 35.2 Å². The molecule has 2 aliphatic rings. The topological polar surface area (TPSA) is 29.5 Å². The third-order valence-corrected chi connectivity index (χ3v) is 7.90. The van der Waals surface area contributed by atoms with Crippen LogP contribution in [0.25, 0.3) is 17.2 Å². The number of alkyl halides is 1. The maximum absolute atomic E-state index is 12.5. The number of ether oxygens (including phenoxy) is 1. The molecule has 6 heteroatoms. The zero-order valence-corrected chi connectivity index (χ0v) is 22.9. The number of hydrogen-bond acceptors (Lipinski definition) is 3. The molecule has 38 heavy (non-hydrogen) atoms. The Morgan fingerprint density at radius 2 is 1.79 bits per heavy atom. The molecule has 1 fully saturated rings. The number of benzene rings is 3. The predicted molar refractivity (Wildman–Crippen MR) is 155 cm³/mol.